The van der Waals surface area contributed by atoms with Gasteiger partial charge in [-0.25, -0.2) is 9.97 Å². The smallest absolute Gasteiger partial charge is 0.226 e. The van der Waals surface area contributed by atoms with Crippen molar-refractivity contribution in [2.45, 2.75) is 6.92 Å². The summed E-state index contributed by atoms with van der Waals surface area (Å²) < 4.78 is 5.39. The first kappa shape index (κ1) is 14.2. The largest absolute Gasteiger partial charge is 0.378 e. The number of nitrogens with zero attached hydrogens (tertiary/aromatic N) is 3. The minimum absolute atomic E-state index is 0.744. The van der Waals surface area contributed by atoms with Crippen LogP contribution >= 0.6 is 0 Å². The van der Waals surface area contributed by atoms with Gasteiger partial charge in [0.1, 0.15) is 0 Å². The van der Waals surface area contributed by atoms with Crippen LogP contribution in [0.2, 0.25) is 0 Å². The van der Waals surface area contributed by atoms with Crippen LogP contribution in [0.3, 0.4) is 0 Å². The van der Waals surface area contributed by atoms with Crippen LogP contribution in [0.15, 0.2) is 48.7 Å². The van der Waals surface area contributed by atoms with Crippen molar-refractivity contribution in [3.8, 4) is 11.1 Å². The summed E-state index contributed by atoms with van der Waals surface area (Å²) >= 11 is 0. The molecule has 1 saturated heterocycles. The Balaban J connectivity index is 1.70. The van der Waals surface area contributed by atoms with E-state index in [1.54, 1.807) is 0 Å². The van der Waals surface area contributed by atoms with E-state index in [1.807, 2.05) is 6.20 Å². The molecule has 4 rings (SSSR count). The van der Waals surface area contributed by atoms with Crippen molar-refractivity contribution in [1.82, 2.24) is 9.97 Å². The van der Waals surface area contributed by atoms with Gasteiger partial charge in [-0.2, -0.15) is 0 Å². The monoisotopic (exact) mass is 305 g/mol. The van der Waals surface area contributed by atoms with Crippen molar-refractivity contribution < 1.29 is 4.74 Å². The van der Waals surface area contributed by atoms with Gasteiger partial charge in [0.05, 0.1) is 18.7 Å². The summed E-state index contributed by atoms with van der Waals surface area (Å²) in [5.41, 5.74) is 4.67. The number of morpholine rings is 1. The van der Waals surface area contributed by atoms with Crippen LogP contribution in [0.5, 0.6) is 0 Å². The number of fused-ring (bicyclic) bond motifs is 1. The molecule has 0 radical (unpaired) electrons. The van der Waals surface area contributed by atoms with Crippen molar-refractivity contribution in [3.63, 3.8) is 0 Å². The van der Waals surface area contributed by atoms with E-state index < -0.39 is 0 Å². The van der Waals surface area contributed by atoms with Crippen LogP contribution in [0.1, 0.15) is 5.56 Å². The van der Waals surface area contributed by atoms with Crippen LogP contribution in [-0.4, -0.2) is 36.3 Å². The highest BCUT2D eigenvalue weighted by Crippen LogP contribution is 2.25. The Bertz CT molecular complexity index is 841. The fraction of sp³-hybridized carbons (Fsp3) is 0.263. The van der Waals surface area contributed by atoms with E-state index >= 15 is 0 Å². The van der Waals surface area contributed by atoms with Gasteiger partial charge in [-0.1, -0.05) is 35.9 Å². The standard InChI is InChI=1S/C19H19N3O/c1-14-3-2-4-15(11-14)16-5-6-18-17(12-16)13-20-19(21-18)22-7-9-23-10-8-22/h2-6,11-13H,7-10H2,1H3. The Labute approximate surface area is 135 Å². The van der Waals surface area contributed by atoms with Gasteiger partial charge in [-0.05, 0) is 30.2 Å². The highest BCUT2D eigenvalue weighted by Gasteiger charge is 2.14. The molecule has 0 aliphatic carbocycles. The van der Waals surface area contributed by atoms with Gasteiger partial charge in [0.15, 0.2) is 0 Å². The second-order valence-electron chi connectivity index (χ2n) is 5.91. The second-order valence-corrected chi connectivity index (χ2v) is 5.91. The molecule has 0 unspecified atom stereocenters. The molecule has 0 amide bonds. The molecule has 0 N–H and O–H groups in total. The number of anilines is 1. The van der Waals surface area contributed by atoms with Gasteiger partial charge in [0, 0.05) is 24.7 Å². The highest BCUT2D eigenvalue weighted by molar-refractivity contribution is 5.84. The number of hydrogen-bond acceptors (Lipinski definition) is 4. The van der Waals surface area contributed by atoms with E-state index in [0.29, 0.717) is 0 Å². The maximum absolute atomic E-state index is 5.39. The molecule has 3 aromatic rings. The molecule has 4 heteroatoms. The summed E-state index contributed by atoms with van der Waals surface area (Å²) in [5.74, 6) is 0.795. The Morgan fingerprint density at radius 1 is 1.00 bits per heavy atom. The summed E-state index contributed by atoms with van der Waals surface area (Å²) in [4.78, 5) is 11.4. The SMILES string of the molecule is Cc1cccc(-c2ccc3nc(N4CCOCC4)ncc3c2)c1. The lowest BCUT2D eigenvalue weighted by Crippen LogP contribution is -2.37. The van der Waals surface area contributed by atoms with Crippen LogP contribution in [0.25, 0.3) is 22.0 Å². The van der Waals surface area contributed by atoms with Crippen LogP contribution in [0.4, 0.5) is 5.95 Å². The third-order valence-electron chi connectivity index (χ3n) is 4.21. The molecule has 0 atom stereocenters. The predicted octanol–water partition coefficient (Wildman–Crippen LogP) is 3.44. The van der Waals surface area contributed by atoms with Crippen molar-refractivity contribution in [3.05, 3.63) is 54.2 Å². The van der Waals surface area contributed by atoms with Gasteiger partial charge in [0.25, 0.3) is 0 Å². The first-order valence-electron chi connectivity index (χ1n) is 7.96. The fourth-order valence-corrected chi connectivity index (χ4v) is 2.94. The number of hydrogen-bond donors (Lipinski definition) is 0. The van der Waals surface area contributed by atoms with Gasteiger partial charge in [0.2, 0.25) is 5.95 Å². The maximum atomic E-state index is 5.39. The topological polar surface area (TPSA) is 38.2 Å². The quantitative estimate of drug-likeness (QED) is 0.727. The number of benzene rings is 2. The van der Waals surface area contributed by atoms with Crippen LogP contribution < -0.4 is 4.90 Å². The molecular weight excluding hydrogens is 286 g/mol. The molecule has 2 heterocycles. The van der Waals surface area contributed by atoms with Crippen molar-refractivity contribution >= 4 is 16.9 Å². The van der Waals surface area contributed by atoms with E-state index in [4.69, 9.17) is 9.72 Å². The molecule has 0 spiro atoms. The first-order chi connectivity index (χ1) is 11.3. The lowest BCUT2D eigenvalue weighted by Gasteiger charge is -2.26. The summed E-state index contributed by atoms with van der Waals surface area (Å²) in [7, 11) is 0. The fourth-order valence-electron chi connectivity index (χ4n) is 2.94. The van der Waals surface area contributed by atoms with Crippen LogP contribution in [0, 0.1) is 6.92 Å². The van der Waals surface area contributed by atoms with Gasteiger partial charge in [-0.3, -0.25) is 0 Å². The molecule has 1 aliphatic rings. The number of aromatic nitrogens is 2. The molecule has 23 heavy (non-hydrogen) atoms. The summed E-state index contributed by atoms with van der Waals surface area (Å²) in [6.07, 6.45) is 1.92. The lowest BCUT2D eigenvalue weighted by molar-refractivity contribution is 0.122. The van der Waals surface area contributed by atoms with Crippen molar-refractivity contribution in [2.75, 3.05) is 31.2 Å². The zero-order valence-corrected chi connectivity index (χ0v) is 13.2. The molecule has 116 valence electrons. The molecule has 2 aromatic carbocycles. The lowest BCUT2D eigenvalue weighted by atomic mass is 10.0. The average Bonchev–Trinajstić information content (AvgIpc) is 2.61. The zero-order valence-electron chi connectivity index (χ0n) is 13.2. The van der Waals surface area contributed by atoms with E-state index in [9.17, 15) is 0 Å². The molecule has 1 aromatic heterocycles. The normalized spacial score (nSPS) is 15.1. The number of rotatable bonds is 2. The summed E-state index contributed by atoms with van der Waals surface area (Å²) in [5, 5.41) is 1.07. The molecule has 0 bridgehead atoms. The number of aryl methyl sites for hydroxylation is 1. The van der Waals surface area contributed by atoms with E-state index in [0.717, 1.165) is 43.2 Å². The first-order valence-corrected chi connectivity index (χ1v) is 7.96. The second kappa shape index (κ2) is 5.97. The molecule has 1 fully saturated rings. The van der Waals surface area contributed by atoms with Gasteiger partial charge < -0.3 is 9.64 Å². The summed E-state index contributed by atoms with van der Waals surface area (Å²) in [6.45, 7) is 5.31. The Morgan fingerprint density at radius 2 is 1.83 bits per heavy atom. The summed E-state index contributed by atoms with van der Waals surface area (Å²) in [6, 6.07) is 14.9. The average molecular weight is 305 g/mol. The minimum atomic E-state index is 0.744. The van der Waals surface area contributed by atoms with E-state index in [2.05, 4.69) is 59.3 Å². The number of ether oxygens (including phenoxy) is 1. The molecular formula is C19H19N3O. The third-order valence-corrected chi connectivity index (χ3v) is 4.21. The maximum Gasteiger partial charge on any atom is 0.226 e. The molecule has 4 nitrogen and oxygen atoms in total. The third kappa shape index (κ3) is 2.90. The molecule has 0 saturated carbocycles. The van der Waals surface area contributed by atoms with Crippen molar-refractivity contribution in [1.29, 1.82) is 0 Å². The van der Waals surface area contributed by atoms with Crippen molar-refractivity contribution in [2.24, 2.45) is 0 Å². The zero-order chi connectivity index (χ0) is 15.6. The minimum Gasteiger partial charge on any atom is -0.378 e. The van der Waals surface area contributed by atoms with E-state index in [1.165, 1.54) is 16.7 Å². The van der Waals surface area contributed by atoms with Gasteiger partial charge >= 0.3 is 0 Å². The van der Waals surface area contributed by atoms with Crippen LogP contribution in [-0.2, 0) is 4.74 Å². The molecule has 1 aliphatic heterocycles. The van der Waals surface area contributed by atoms with Gasteiger partial charge in [-0.15, -0.1) is 0 Å². The predicted molar refractivity (Wildman–Crippen MR) is 92.7 cm³/mol. The Hall–Kier alpha value is -2.46. The Kier molecular flexibility index (Phi) is 3.67. The van der Waals surface area contributed by atoms with E-state index in [-0.39, 0.29) is 0 Å². The Morgan fingerprint density at radius 3 is 2.65 bits per heavy atom. The highest BCUT2D eigenvalue weighted by atomic mass is 16.5.